The summed E-state index contributed by atoms with van der Waals surface area (Å²) < 4.78 is 29.2. The van der Waals surface area contributed by atoms with Crippen LogP contribution in [0.15, 0.2) is 71.6 Å². The summed E-state index contributed by atoms with van der Waals surface area (Å²) in [5.74, 6) is -0.718. The van der Waals surface area contributed by atoms with Crippen LogP contribution in [0.2, 0.25) is 0 Å². The number of benzene rings is 3. The first-order valence-corrected chi connectivity index (χ1v) is 14.9. The van der Waals surface area contributed by atoms with Crippen LogP contribution in [0.1, 0.15) is 42.9 Å². The molecular formula is C30H34N4O5S. The van der Waals surface area contributed by atoms with Crippen molar-refractivity contribution in [3.05, 3.63) is 77.9 Å². The van der Waals surface area contributed by atoms with Crippen molar-refractivity contribution in [2.75, 3.05) is 23.8 Å². The second-order valence-electron chi connectivity index (χ2n) is 10.5. The van der Waals surface area contributed by atoms with E-state index < -0.39 is 22.0 Å². The Balaban J connectivity index is 1.45. The van der Waals surface area contributed by atoms with Crippen molar-refractivity contribution in [3.8, 4) is 11.1 Å². The number of nitrogens with two attached hydrogens (primary N) is 1. The Morgan fingerprint density at radius 1 is 1.05 bits per heavy atom. The molecule has 2 heterocycles. The lowest BCUT2D eigenvalue weighted by Crippen LogP contribution is -2.42. The summed E-state index contributed by atoms with van der Waals surface area (Å²) in [5.41, 5.74) is 10.2. The van der Waals surface area contributed by atoms with E-state index >= 15 is 0 Å². The molecule has 9 nitrogen and oxygen atoms in total. The number of amides is 2. The number of aryl methyl sites for hydroxylation is 1. The predicted octanol–water partition coefficient (Wildman–Crippen LogP) is 3.79. The van der Waals surface area contributed by atoms with Crippen LogP contribution in [0.3, 0.4) is 0 Å². The molecule has 3 aromatic rings. The number of nitrogens with zero attached hydrogens (tertiary/aromatic N) is 1. The van der Waals surface area contributed by atoms with Crippen molar-refractivity contribution in [2.24, 2.45) is 11.7 Å². The Bertz CT molecular complexity index is 1520. The normalized spacial score (nSPS) is 20.3. The van der Waals surface area contributed by atoms with Gasteiger partial charge in [0, 0.05) is 36.7 Å². The number of primary amides is 1. The van der Waals surface area contributed by atoms with Crippen molar-refractivity contribution in [1.29, 1.82) is 0 Å². The van der Waals surface area contributed by atoms with Crippen molar-refractivity contribution in [2.45, 2.75) is 49.6 Å². The molecule has 1 fully saturated rings. The van der Waals surface area contributed by atoms with Crippen molar-refractivity contribution < 1.29 is 23.1 Å². The Kier molecular flexibility index (Phi) is 7.93. The van der Waals surface area contributed by atoms with Gasteiger partial charge in [0.25, 0.3) is 0 Å². The van der Waals surface area contributed by atoms with Gasteiger partial charge in [-0.15, -0.1) is 0 Å². The second kappa shape index (κ2) is 11.4. The van der Waals surface area contributed by atoms with Crippen LogP contribution in [0.5, 0.6) is 0 Å². The van der Waals surface area contributed by atoms with Gasteiger partial charge in [-0.25, -0.2) is 8.42 Å². The standard InChI is InChI=1S/C30H34N4O5S/c1-19-8-11-23(12-9-19)40(38,39)34-15-14-24-27(18-35)33-26-13-10-21(17-25(26)30(24)34)20-4-2-5-22(16-20)32-29(37)7-3-6-28(31)36/h2,4-5,8-13,16-17,24,27,30,33,35H,3,6-7,14-15,18H2,1H3,(H2,31,36)(H,32,37)/t24-,27+,30-/m1/s1. The molecule has 2 amide bonds. The molecule has 3 atom stereocenters. The number of carbonyl (C=O) groups excluding carboxylic acids is 2. The number of nitrogens with one attached hydrogen (secondary N) is 2. The van der Waals surface area contributed by atoms with Crippen LogP contribution in [-0.4, -0.2) is 48.8 Å². The second-order valence-corrected chi connectivity index (χ2v) is 12.4. The lowest BCUT2D eigenvalue weighted by atomic mass is 9.82. The summed E-state index contributed by atoms with van der Waals surface area (Å²) in [4.78, 5) is 23.5. The monoisotopic (exact) mass is 562 g/mol. The minimum absolute atomic E-state index is 0.0843. The first-order valence-electron chi connectivity index (χ1n) is 13.5. The molecule has 2 aliphatic heterocycles. The van der Waals surface area contributed by atoms with Gasteiger partial charge in [0.1, 0.15) is 0 Å². The lowest BCUT2D eigenvalue weighted by molar-refractivity contribution is -0.118. The zero-order chi connectivity index (χ0) is 28.4. The van der Waals surface area contributed by atoms with Gasteiger partial charge in [0.2, 0.25) is 21.8 Å². The van der Waals surface area contributed by atoms with E-state index in [1.54, 1.807) is 34.6 Å². The number of rotatable bonds is 9. The quantitative estimate of drug-likeness (QED) is 0.313. The number of sulfonamides is 1. The van der Waals surface area contributed by atoms with Crippen LogP contribution in [0, 0.1) is 12.8 Å². The van der Waals surface area contributed by atoms with Gasteiger partial charge in [-0.3, -0.25) is 9.59 Å². The van der Waals surface area contributed by atoms with Crippen molar-refractivity contribution in [3.63, 3.8) is 0 Å². The molecule has 0 bridgehead atoms. The molecule has 5 N–H and O–H groups in total. The predicted molar refractivity (Wildman–Crippen MR) is 154 cm³/mol. The Morgan fingerprint density at radius 3 is 2.52 bits per heavy atom. The maximum absolute atomic E-state index is 13.8. The van der Waals surface area contributed by atoms with E-state index in [9.17, 15) is 23.1 Å². The molecule has 2 aliphatic rings. The van der Waals surface area contributed by atoms with E-state index in [4.69, 9.17) is 5.73 Å². The number of hydrogen-bond donors (Lipinski definition) is 4. The lowest BCUT2D eigenvalue weighted by Gasteiger charge is -2.39. The molecule has 0 aliphatic carbocycles. The van der Waals surface area contributed by atoms with Gasteiger partial charge in [-0.2, -0.15) is 4.31 Å². The van der Waals surface area contributed by atoms with Crippen LogP contribution < -0.4 is 16.4 Å². The first kappa shape index (κ1) is 27.8. The smallest absolute Gasteiger partial charge is 0.243 e. The number of hydrogen-bond acceptors (Lipinski definition) is 6. The third-order valence-electron chi connectivity index (χ3n) is 7.76. The maximum Gasteiger partial charge on any atom is 0.243 e. The van der Waals surface area contributed by atoms with E-state index in [0.29, 0.717) is 25.1 Å². The summed E-state index contributed by atoms with van der Waals surface area (Å²) in [6.07, 6.45) is 1.37. The molecule has 40 heavy (non-hydrogen) atoms. The zero-order valence-electron chi connectivity index (χ0n) is 22.3. The number of fused-ring (bicyclic) bond motifs is 3. The molecule has 0 spiro atoms. The molecule has 210 valence electrons. The molecule has 0 unspecified atom stereocenters. The Labute approximate surface area is 234 Å². The highest BCUT2D eigenvalue weighted by Crippen LogP contribution is 2.49. The molecule has 5 rings (SSSR count). The van der Waals surface area contributed by atoms with Crippen LogP contribution in [0.4, 0.5) is 11.4 Å². The highest BCUT2D eigenvalue weighted by atomic mass is 32.2. The average molecular weight is 563 g/mol. The van der Waals surface area contributed by atoms with Gasteiger partial charge >= 0.3 is 0 Å². The molecule has 10 heteroatoms. The van der Waals surface area contributed by atoms with Gasteiger partial charge in [-0.05, 0) is 72.9 Å². The van der Waals surface area contributed by atoms with Gasteiger partial charge in [0.15, 0.2) is 0 Å². The van der Waals surface area contributed by atoms with E-state index in [2.05, 4.69) is 10.6 Å². The third-order valence-corrected chi connectivity index (χ3v) is 9.65. The topological polar surface area (TPSA) is 142 Å². The van der Waals surface area contributed by atoms with Gasteiger partial charge < -0.3 is 21.5 Å². The van der Waals surface area contributed by atoms with Crippen LogP contribution in [0.25, 0.3) is 11.1 Å². The summed E-state index contributed by atoms with van der Waals surface area (Å²) in [6, 6.07) is 19.5. The molecule has 3 aromatic carbocycles. The van der Waals surface area contributed by atoms with Gasteiger partial charge in [-0.1, -0.05) is 35.9 Å². The molecule has 0 radical (unpaired) electrons. The number of aliphatic hydroxyl groups excluding tert-OH is 1. The molecule has 0 saturated carbocycles. The largest absolute Gasteiger partial charge is 0.394 e. The highest BCUT2D eigenvalue weighted by Gasteiger charge is 2.48. The van der Waals surface area contributed by atoms with Crippen LogP contribution in [-0.2, 0) is 19.6 Å². The summed E-state index contributed by atoms with van der Waals surface area (Å²) >= 11 is 0. The Morgan fingerprint density at radius 2 is 1.80 bits per heavy atom. The van der Waals surface area contributed by atoms with E-state index in [1.165, 1.54) is 0 Å². The highest BCUT2D eigenvalue weighted by molar-refractivity contribution is 7.89. The molecule has 1 saturated heterocycles. The third kappa shape index (κ3) is 5.60. The Hall–Kier alpha value is -3.73. The molecular weight excluding hydrogens is 528 g/mol. The average Bonchev–Trinajstić information content (AvgIpc) is 3.39. The molecule has 0 aromatic heterocycles. The fourth-order valence-electron chi connectivity index (χ4n) is 5.74. The van der Waals surface area contributed by atoms with Crippen molar-refractivity contribution >= 4 is 33.2 Å². The van der Waals surface area contributed by atoms with Gasteiger partial charge in [0.05, 0.1) is 23.6 Å². The van der Waals surface area contributed by atoms with Crippen molar-refractivity contribution in [1.82, 2.24) is 4.31 Å². The summed E-state index contributed by atoms with van der Waals surface area (Å²) in [6.45, 7) is 2.19. The number of carbonyl (C=O) groups is 2. The minimum atomic E-state index is -3.76. The van der Waals surface area contributed by atoms with E-state index in [-0.39, 0.29) is 42.2 Å². The fourth-order valence-corrected chi connectivity index (χ4v) is 7.40. The SMILES string of the molecule is Cc1ccc(S(=O)(=O)N2CC[C@@H]3[C@H](CO)Nc4ccc(-c5cccc(NC(=O)CCCC(N)=O)c5)cc4[C@@H]32)cc1. The number of anilines is 2. The van der Waals surface area contributed by atoms with Crippen LogP contribution >= 0.6 is 0 Å². The van der Waals surface area contributed by atoms with E-state index in [0.717, 1.165) is 27.9 Å². The first-order chi connectivity index (χ1) is 19.2. The van der Waals surface area contributed by atoms with E-state index in [1.807, 2.05) is 43.3 Å². The summed E-state index contributed by atoms with van der Waals surface area (Å²) in [7, 11) is -3.76. The number of aliphatic hydroxyl groups is 1. The minimum Gasteiger partial charge on any atom is -0.394 e. The summed E-state index contributed by atoms with van der Waals surface area (Å²) in [5, 5.41) is 16.4. The maximum atomic E-state index is 13.8. The fraction of sp³-hybridized carbons (Fsp3) is 0.333. The zero-order valence-corrected chi connectivity index (χ0v) is 23.2.